The molecule has 7 heteroatoms. The van der Waals surface area contributed by atoms with Crippen LogP contribution >= 0.6 is 0 Å². The molecule has 1 saturated carbocycles. The molecule has 158 valence electrons. The molecular weight excluding hydrogens is 368 g/mol. The van der Waals surface area contributed by atoms with Crippen LogP contribution in [0, 0.1) is 0 Å². The largest absolute Gasteiger partial charge is 0.444 e. The number of ketones is 1. The quantitative estimate of drug-likeness (QED) is 0.759. The maximum absolute atomic E-state index is 13.1. The van der Waals surface area contributed by atoms with Crippen molar-refractivity contribution in [2.24, 2.45) is 0 Å². The number of hydrogen-bond acceptors (Lipinski definition) is 6. The number of amides is 1. The Kier molecular flexibility index (Phi) is 6.87. The Balaban J connectivity index is 1.78. The number of hydrogen-bond donors (Lipinski definition) is 1. The molecule has 0 aromatic carbocycles. The Bertz CT molecular complexity index is 736. The highest BCUT2D eigenvalue weighted by molar-refractivity contribution is 6.01. The Morgan fingerprint density at radius 3 is 2.45 bits per heavy atom. The number of nitrogens with one attached hydrogen (secondary N) is 1. The lowest BCUT2D eigenvalue weighted by atomic mass is 9.95. The maximum Gasteiger partial charge on any atom is 0.410 e. The van der Waals surface area contributed by atoms with Crippen LogP contribution in [0.5, 0.6) is 0 Å². The van der Waals surface area contributed by atoms with E-state index in [1.54, 1.807) is 29.4 Å². The molecule has 0 spiro atoms. The van der Waals surface area contributed by atoms with Crippen LogP contribution in [0.15, 0.2) is 24.5 Å². The molecule has 1 aliphatic heterocycles. The predicted molar refractivity (Wildman–Crippen MR) is 111 cm³/mol. The van der Waals surface area contributed by atoms with Crippen molar-refractivity contribution >= 4 is 17.6 Å². The summed E-state index contributed by atoms with van der Waals surface area (Å²) < 4.78 is 5.49. The van der Waals surface area contributed by atoms with Gasteiger partial charge in [0.1, 0.15) is 5.60 Å². The molecule has 0 bridgehead atoms. The Morgan fingerprint density at radius 2 is 1.79 bits per heavy atom. The molecule has 1 atom stereocenters. The SMILES string of the molecule is CC(C)(C)OC(=O)N1CCCC1C(=O)C=C(NC1CCCCC1)c1ncccn1. The van der Waals surface area contributed by atoms with E-state index in [1.807, 2.05) is 20.8 Å². The fraction of sp³-hybridized carbons (Fsp3) is 0.636. The fourth-order valence-corrected chi connectivity index (χ4v) is 3.92. The zero-order chi connectivity index (χ0) is 20.9. The third-order valence-electron chi connectivity index (χ3n) is 5.27. The summed E-state index contributed by atoms with van der Waals surface area (Å²) >= 11 is 0. The van der Waals surface area contributed by atoms with Gasteiger partial charge in [0.05, 0.1) is 11.7 Å². The lowest BCUT2D eigenvalue weighted by Crippen LogP contribution is -2.43. The van der Waals surface area contributed by atoms with Crippen molar-refractivity contribution in [2.75, 3.05) is 6.54 Å². The second-order valence-corrected chi connectivity index (χ2v) is 8.84. The summed E-state index contributed by atoms with van der Waals surface area (Å²) in [5, 5.41) is 3.49. The van der Waals surface area contributed by atoms with E-state index < -0.39 is 17.7 Å². The van der Waals surface area contributed by atoms with Crippen LogP contribution in [0.2, 0.25) is 0 Å². The van der Waals surface area contributed by atoms with Gasteiger partial charge in [-0.15, -0.1) is 0 Å². The second-order valence-electron chi connectivity index (χ2n) is 8.84. The minimum Gasteiger partial charge on any atom is -0.444 e. The van der Waals surface area contributed by atoms with Crippen molar-refractivity contribution in [1.82, 2.24) is 20.2 Å². The van der Waals surface area contributed by atoms with Crippen molar-refractivity contribution in [1.29, 1.82) is 0 Å². The van der Waals surface area contributed by atoms with Crippen molar-refractivity contribution in [2.45, 2.75) is 83.4 Å². The highest BCUT2D eigenvalue weighted by Crippen LogP contribution is 2.24. The third kappa shape index (κ3) is 6.02. The molecule has 1 saturated heterocycles. The number of aromatic nitrogens is 2. The van der Waals surface area contributed by atoms with Crippen molar-refractivity contribution < 1.29 is 14.3 Å². The summed E-state index contributed by atoms with van der Waals surface area (Å²) in [6.45, 7) is 6.02. The minimum atomic E-state index is -0.589. The molecule has 2 aliphatic rings. The molecular formula is C22H32N4O3. The minimum absolute atomic E-state index is 0.112. The Hall–Kier alpha value is -2.44. The van der Waals surface area contributed by atoms with Crippen molar-refractivity contribution in [3.8, 4) is 0 Å². The van der Waals surface area contributed by atoms with Crippen molar-refractivity contribution in [3.05, 3.63) is 30.4 Å². The molecule has 1 unspecified atom stereocenters. The van der Waals surface area contributed by atoms with Gasteiger partial charge in [-0.1, -0.05) is 19.3 Å². The first kappa shape index (κ1) is 21.3. The molecule has 1 N–H and O–H groups in total. The molecule has 29 heavy (non-hydrogen) atoms. The van der Waals surface area contributed by atoms with E-state index in [0.717, 1.165) is 19.3 Å². The number of likely N-dealkylation sites (tertiary alicyclic amines) is 1. The van der Waals surface area contributed by atoms with E-state index in [4.69, 9.17) is 4.74 Å². The van der Waals surface area contributed by atoms with Crippen molar-refractivity contribution in [3.63, 3.8) is 0 Å². The van der Waals surface area contributed by atoms with Gasteiger partial charge in [0, 0.05) is 31.1 Å². The summed E-state index contributed by atoms with van der Waals surface area (Å²) in [4.78, 5) is 35.9. The lowest BCUT2D eigenvalue weighted by molar-refractivity contribution is -0.118. The summed E-state index contributed by atoms with van der Waals surface area (Å²) in [6.07, 6.45) is 11.7. The molecule has 1 aromatic heterocycles. The van der Waals surface area contributed by atoms with E-state index in [2.05, 4.69) is 15.3 Å². The summed E-state index contributed by atoms with van der Waals surface area (Å²) in [5.74, 6) is 0.396. The maximum atomic E-state index is 13.1. The third-order valence-corrected chi connectivity index (χ3v) is 5.27. The van der Waals surface area contributed by atoms with Crippen LogP contribution in [0.4, 0.5) is 4.79 Å². The monoisotopic (exact) mass is 400 g/mol. The van der Waals surface area contributed by atoms with Crippen LogP contribution in [-0.4, -0.2) is 51.0 Å². The zero-order valence-electron chi connectivity index (χ0n) is 17.7. The molecule has 2 heterocycles. The number of carbonyl (C=O) groups is 2. The van der Waals surface area contributed by atoms with E-state index in [0.29, 0.717) is 30.5 Å². The van der Waals surface area contributed by atoms with Crippen LogP contribution < -0.4 is 5.32 Å². The van der Waals surface area contributed by atoms with Gasteiger partial charge in [0.2, 0.25) is 0 Å². The number of nitrogens with zero attached hydrogens (tertiary/aromatic N) is 3. The second kappa shape index (κ2) is 9.37. The Morgan fingerprint density at radius 1 is 1.10 bits per heavy atom. The summed E-state index contributed by atoms with van der Waals surface area (Å²) in [5.41, 5.74) is 0.0489. The van der Waals surface area contributed by atoms with Gasteiger partial charge < -0.3 is 10.1 Å². The van der Waals surface area contributed by atoms with E-state index in [-0.39, 0.29) is 5.78 Å². The van der Waals surface area contributed by atoms with Gasteiger partial charge >= 0.3 is 6.09 Å². The van der Waals surface area contributed by atoms with Gasteiger partial charge in [-0.2, -0.15) is 0 Å². The highest BCUT2D eigenvalue weighted by Gasteiger charge is 2.36. The number of ether oxygens (including phenoxy) is 1. The first-order valence-corrected chi connectivity index (χ1v) is 10.6. The van der Waals surface area contributed by atoms with Crippen LogP contribution in [-0.2, 0) is 9.53 Å². The number of rotatable bonds is 5. The molecule has 1 aromatic rings. The standard InChI is InChI=1S/C22H32N4O3/c1-22(2,3)29-21(28)26-14-7-11-18(26)19(27)15-17(20-23-12-8-13-24-20)25-16-9-5-4-6-10-16/h8,12-13,15-16,18,25H,4-7,9-11,14H2,1-3H3. The van der Waals surface area contributed by atoms with Gasteiger partial charge in [-0.05, 0) is 52.5 Å². The van der Waals surface area contributed by atoms with E-state index in [1.165, 1.54) is 19.3 Å². The smallest absolute Gasteiger partial charge is 0.410 e. The molecule has 7 nitrogen and oxygen atoms in total. The fourth-order valence-electron chi connectivity index (χ4n) is 3.92. The van der Waals surface area contributed by atoms with E-state index in [9.17, 15) is 9.59 Å². The summed E-state index contributed by atoms with van der Waals surface area (Å²) in [7, 11) is 0. The lowest BCUT2D eigenvalue weighted by Gasteiger charge is -2.28. The average Bonchev–Trinajstić information content (AvgIpc) is 3.18. The van der Waals surface area contributed by atoms with Gasteiger partial charge in [0.25, 0.3) is 0 Å². The molecule has 3 rings (SSSR count). The van der Waals surface area contributed by atoms with Crippen LogP contribution in [0.1, 0.15) is 71.5 Å². The van der Waals surface area contributed by atoms with Crippen LogP contribution in [0.25, 0.3) is 5.70 Å². The molecule has 1 amide bonds. The average molecular weight is 401 g/mol. The van der Waals surface area contributed by atoms with Crippen LogP contribution in [0.3, 0.4) is 0 Å². The van der Waals surface area contributed by atoms with Gasteiger partial charge in [-0.25, -0.2) is 14.8 Å². The van der Waals surface area contributed by atoms with E-state index >= 15 is 0 Å². The first-order valence-electron chi connectivity index (χ1n) is 10.6. The predicted octanol–water partition coefficient (Wildman–Crippen LogP) is 3.71. The highest BCUT2D eigenvalue weighted by atomic mass is 16.6. The normalized spacial score (nSPS) is 21.1. The Labute approximate surface area is 172 Å². The molecule has 1 aliphatic carbocycles. The molecule has 0 radical (unpaired) electrons. The number of carbonyl (C=O) groups excluding carboxylic acids is 2. The van der Waals surface area contributed by atoms with Gasteiger partial charge in [0.15, 0.2) is 11.6 Å². The van der Waals surface area contributed by atoms with Gasteiger partial charge in [-0.3, -0.25) is 9.69 Å². The summed E-state index contributed by atoms with van der Waals surface area (Å²) in [6, 6.07) is 1.57. The topological polar surface area (TPSA) is 84.4 Å². The molecule has 2 fully saturated rings. The first-order chi connectivity index (χ1) is 13.8. The zero-order valence-corrected chi connectivity index (χ0v) is 17.7.